The lowest BCUT2D eigenvalue weighted by Gasteiger charge is -2.20. The lowest BCUT2D eigenvalue weighted by atomic mass is 9.85. The summed E-state index contributed by atoms with van der Waals surface area (Å²) in [5.41, 5.74) is 6.31. The summed E-state index contributed by atoms with van der Waals surface area (Å²) in [5.74, 6) is 4.10. The van der Waals surface area contributed by atoms with Crippen LogP contribution < -0.4 is 0 Å². The van der Waals surface area contributed by atoms with Crippen LogP contribution in [0.4, 0.5) is 0 Å². The summed E-state index contributed by atoms with van der Waals surface area (Å²) in [6, 6.07) is 10.9. The molecule has 0 radical (unpaired) electrons. The number of allylic oxidation sites excluding steroid dienone is 2. The van der Waals surface area contributed by atoms with Crippen LogP contribution in [-0.2, 0) is 0 Å². The highest BCUT2D eigenvalue weighted by molar-refractivity contribution is 6.83. The van der Waals surface area contributed by atoms with Gasteiger partial charge in [-0.05, 0) is 36.3 Å². The summed E-state index contributed by atoms with van der Waals surface area (Å²) in [4.78, 5) is 0. The number of hydrogen-bond acceptors (Lipinski definition) is 0. The van der Waals surface area contributed by atoms with Crippen molar-refractivity contribution in [2.45, 2.75) is 44.8 Å². The smallest absolute Gasteiger partial charge is 0.127 e. The SMILES string of the molecule is C[Si](C)(C)C#CC1=CCC(c2ccccc2)CC1. The molecule has 1 unspecified atom stereocenters. The average Bonchev–Trinajstić information content (AvgIpc) is 2.37. The molecule has 2 rings (SSSR count). The van der Waals surface area contributed by atoms with Crippen molar-refractivity contribution in [1.29, 1.82) is 0 Å². The predicted molar refractivity (Wildman–Crippen MR) is 82.2 cm³/mol. The van der Waals surface area contributed by atoms with Crippen molar-refractivity contribution < 1.29 is 0 Å². The van der Waals surface area contributed by atoms with Crippen LogP contribution in [0.15, 0.2) is 42.0 Å². The first-order chi connectivity index (χ1) is 8.54. The van der Waals surface area contributed by atoms with Crippen molar-refractivity contribution in [3.05, 3.63) is 47.5 Å². The average molecular weight is 254 g/mol. The fourth-order valence-corrected chi connectivity index (χ4v) is 2.78. The molecule has 0 heterocycles. The van der Waals surface area contributed by atoms with Gasteiger partial charge in [0, 0.05) is 0 Å². The Balaban J connectivity index is 2.02. The highest BCUT2D eigenvalue weighted by Crippen LogP contribution is 2.31. The van der Waals surface area contributed by atoms with Crippen LogP contribution in [-0.4, -0.2) is 8.07 Å². The van der Waals surface area contributed by atoms with Crippen LogP contribution in [0.25, 0.3) is 0 Å². The van der Waals surface area contributed by atoms with E-state index in [0.29, 0.717) is 5.92 Å². The third-order valence-corrected chi connectivity index (χ3v) is 4.15. The molecule has 94 valence electrons. The Morgan fingerprint density at radius 3 is 2.39 bits per heavy atom. The first-order valence-electron chi connectivity index (χ1n) is 6.82. The van der Waals surface area contributed by atoms with E-state index < -0.39 is 8.07 Å². The summed E-state index contributed by atoms with van der Waals surface area (Å²) in [6.07, 6.45) is 5.90. The van der Waals surface area contributed by atoms with Gasteiger partial charge in [0.1, 0.15) is 8.07 Å². The van der Waals surface area contributed by atoms with Gasteiger partial charge in [-0.2, -0.15) is 0 Å². The van der Waals surface area contributed by atoms with Crippen molar-refractivity contribution in [3.8, 4) is 11.5 Å². The molecule has 18 heavy (non-hydrogen) atoms. The Morgan fingerprint density at radius 2 is 1.83 bits per heavy atom. The Labute approximate surface area is 112 Å². The highest BCUT2D eigenvalue weighted by atomic mass is 28.3. The molecule has 1 aliphatic rings. The molecule has 0 N–H and O–H groups in total. The zero-order valence-corrected chi connectivity index (χ0v) is 12.7. The van der Waals surface area contributed by atoms with Gasteiger partial charge in [-0.1, -0.05) is 62.0 Å². The molecule has 1 atom stereocenters. The van der Waals surface area contributed by atoms with E-state index in [4.69, 9.17) is 0 Å². The van der Waals surface area contributed by atoms with Crippen molar-refractivity contribution in [2.24, 2.45) is 0 Å². The molecular weight excluding hydrogens is 232 g/mol. The summed E-state index contributed by atoms with van der Waals surface area (Å²) in [6.45, 7) is 6.91. The van der Waals surface area contributed by atoms with Gasteiger partial charge in [0.25, 0.3) is 0 Å². The molecule has 1 aromatic rings. The van der Waals surface area contributed by atoms with Gasteiger partial charge in [0.05, 0.1) is 0 Å². The lowest BCUT2D eigenvalue weighted by Crippen LogP contribution is -2.16. The third-order valence-electron chi connectivity index (χ3n) is 3.28. The van der Waals surface area contributed by atoms with Crippen LogP contribution in [0.3, 0.4) is 0 Å². The van der Waals surface area contributed by atoms with Gasteiger partial charge in [-0.3, -0.25) is 0 Å². The van der Waals surface area contributed by atoms with Crippen LogP contribution in [0.2, 0.25) is 19.6 Å². The van der Waals surface area contributed by atoms with Crippen LogP contribution in [0.1, 0.15) is 30.7 Å². The van der Waals surface area contributed by atoms with Crippen LogP contribution >= 0.6 is 0 Å². The molecule has 0 amide bonds. The van der Waals surface area contributed by atoms with Gasteiger partial charge in [-0.15, -0.1) is 5.54 Å². The third kappa shape index (κ3) is 3.89. The van der Waals surface area contributed by atoms with Crippen LogP contribution in [0, 0.1) is 11.5 Å². The van der Waals surface area contributed by atoms with Gasteiger partial charge in [0.15, 0.2) is 0 Å². The Bertz CT molecular complexity index is 480. The van der Waals surface area contributed by atoms with Crippen molar-refractivity contribution in [2.75, 3.05) is 0 Å². The second-order valence-electron chi connectivity index (χ2n) is 6.11. The molecule has 1 aliphatic carbocycles. The Kier molecular flexibility index (Phi) is 4.09. The van der Waals surface area contributed by atoms with E-state index in [-0.39, 0.29) is 0 Å². The Hall–Kier alpha value is -1.26. The van der Waals surface area contributed by atoms with E-state index >= 15 is 0 Å². The largest absolute Gasteiger partial charge is 0.129 e. The molecule has 0 nitrogen and oxygen atoms in total. The zero-order chi connectivity index (χ0) is 13.0. The summed E-state index contributed by atoms with van der Waals surface area (Å²) < 4.78 is 0. The first kappa shape index (κ1) is 13.2. The number of benzene rings is 1. The second-order valence-corrected chi connectivity index (χ2v) is 10.9. The van der Waals surface area contributed by atoms with Crippen molar-refractivity contribution in [3.63, 3.8) is 0 Å². The van der Waals surface area contributed by atoms with Gasteiger partial charge in [-0.25, -0.2) is 0 Å². The highest BCUT2D eigenvalue weighted by Gasteiger charge is 2.15. The molecule has 1 heteroatoms. The van der Waals surface area contributed by atoms with Gasteiger partial charge >= 0.3 is 0 Å². The minimum absolute atomic E-state index is 0.698. The fourth-order valence-electron chi connectivity index (χ4n) is 2.24. The molecule has 0 aliphatic heterocycles. The quantitative estimate of drug-likeness (QED) is 0.500. The minimum Gasteiger partial charge on any atom is -0.127 e. The zero-order valence-electron chi connectivity index (χ0n) is 11.7. The molecule has 0 fully saturated rings. The molecule has 1 aromatic carbocycles. The lowest BCUT2D eigenvalue weighted by molar-refractivity contribution is 0.607. The summed E-state index contributed by atoms with van der Waals surface area (Å²) in [5, 5.41) is 0. The van der Waals surface area contributed by atoms with Crippen LogP contribution in [0.5, 0.6) is 0 Å². The van der Waals surface area contributed by atoms with E-state index in [9.17, 15) is 0 Å². The number of hydrogen-bond donors (Lipinski definition) is 0. The minimum atomic E-state index is -1.22. The van der Waals surface area contributed by atoms with Crippen molar-refractivity contribution in [1.82, 2.24) is 0 Å². The molecule has 0 aromatic heterocycles. The van der Waals surface area contributed by atoms with E-state index in [2.05, 4.69) is 67.5 Å². The molecule has 0 saturated carbocycles. The maximum atomic E-state index is 3.47. The van der Waals surface area contributed by atoms with Crippen molar-refractivity contribution >= 4 is 8.07 Å². The van der Waals surface area contributed by atoms with E-state index in [1.54, 1.807) is 0 Å². The fraction of sp³-hybridized carbons (Fsp3) is 0.412. The van der Waals surface area contributed by atoms with Gasteiger partial charge in [0.2, 0.25) is 0 Å². The monoisotopic (exact) mass is 254 g/mol. The summed E-state index contributed by atoms with van der Waals surface area (Å²) in [7, 11) is -1.22. The molecule has 0 spiro atoms. The predicted octanol–water partition coefficient (Wildman–Crippen LogP) is 4.76. The molecule has 0 saturated heterocycles. The maximum absolute atomic E-state index is 3.47. The standard InChI is InChI=1S/C17H22Si/c1-18(2,3)14-13-15-9-11-17(12-10-15)16-7-5-4-6-8-16/h4-9,17H,10-12H2,1-3H3. The van der Waals surface area contributed by atoms with E-state index in [0.717, 1.165) is 12.8 Å². The topological polar surface area (TPSA) is 0 Å². The summed E-state index contributed by atoms with van der Waals surface area (Å²) >= 11 is 0. The maximum Gasteiger partial charge on any atom is 0.129 e. The second kappa shape index (κ2) is 5.59. The Morgan fingerprint density at radius 1 is 1.11 bits per heavy atom. The first-order valence-corrected chi connectivity index (χ1v) is 10.3. The molecular formula is C17H22Si. The molecule has 0 bridgehead atoms. The van der Waals surface area contributed by atoms with E-state index in [1.165, 1.54) is 17.6 Å². The normalized spacial score (nSPS) is 19.7. The number of rotatable bonds is 1. The van der Waals surface area contributed by atoms with E-state index in [1.807, 2.05) is 0 Å². The van der Waals surface area contributed by atoms with Gasteiger partial charge < -0.3 is 0 Å².